The highest BCUT2D eigenvalue weighted by Crippen LogP contribution is 2.07. The zero-order chi connectivity index (χ0) is 12.6. The highest BCUT2D eigenvalue weighted by atomic mass is 16.6. The summed E-state index contributed by atoms with van der Waals surface area (Å²) in [7, 11) is 0. The smallest absolute Gasteiger partial charge is 0.407 e. The Bertz CT molecular complexity index is 202. The second-order valence-corrected chi connectivity index (χ2v) is 4.74. The highest BCUT2D eigenvalue weighted by Gasteiger charge is 2.17. The van der Waals surface area contributed by atoms with Gasteiger partial charge in [-0.05, 0) is 34.1 Å². The lowest BCUT2D eigenvalue weighted by atomic mass is 10.2. The van der Waals surface area contributed by atoms with Gasteiger partial charge in [-0.3, -0.25) is 0 Å². The molecule has 0 radical (unpaired) electrons. The maximum Gasteiger partial charge on any atom is 0.407 e. The molecule has 1 atom stereocenters. The molecule has 16 heavy (non-hydrogen) atoms. The van der Waals surface area contributed by atoms with Crippen molar-refractivity contribution in [1.82, 2.24) is 5.32 Å². The number of nitrogens with two attached hydrogens (primary N) is 1. The number of hydrogen-bond donors (Lipinski definition) is 2. The topological polar surface area (TPSA) is 73.6 Å². The summed E-state index contributed by atoms with van der Waals surface area (Å²) in [5.41, 5.74) is 4.82. The van der Waals surface area contributed by atoms with E-state index < -0.39 is 5.60 Å². The number of alkyl carbamates (subject to hydrolysis) is 1. The largest absolute Gasteiger partial charge is 0.444 e. The SMILES string of the molecule is C[C@@H](CCOCCN)NC(=O)OC(C)(C)C. The van der Waals surface area contributed by atoms with E-state index in [2.05, 4.69) is 5.32 Å². The zero-order valence-electron chi connectivity index (χ0n) is 10.7. The molecule has 96 valence electrons. The van der Waals surface area contributed by atoms with Gasteiger partial charge in [0.25, 0.3) is 0 Å². The van der Waals surface area contributed by atoms with Gasteiger partial charge in [0.1, 0.15) is 5.60 Å². The number of ether oxygens (including phenoxy) is 2. The van der Waals surface area contributed by atoms with Crippen LogP contribution in [0.2, 0.25) is 0 Å². The summed E-state index contributed by atoms with van der Waals surface area (Å²) < 4.78 is 10.3. The van der Waals surface area contributed by atoms with E-state index in [1.807, 2.05) is 27.7 Å². The van der Waals surface area contributed by atoms with Crippen LogP contribution in [-0.4, -0.2) is 37.5 Å². The number of carbonyl (C=O) groups excluding carboxylic acids is 1. The molecular weight excluding hydrogens is 208 g/mol. The molecule has 0 aliphatic carbocycles. The molecule has 0 bridgehead atoms. The van der Waals surface area contributed by atoms with Crippen molar-refractivity contribution in [2.45, 2.75) is 45.8 Å². The van der Waals surface area contributed by atoms with Crippen LogP contribution in [0.25, 0.3) is 0 Å². The molecule has 5 heteroatoms. The van der Waals surface area contributed by atoms with Gasteiger partial charge in [0.15, 0.2) is 0 Å². The van der Waals surface area contributed by atoms with E-state index in [1.54, 1.807) is 0 Å². The minimum atomic E-state index is -0.458. The van der Waals surface area contributed by atoms with Crippen LogP contribution >= 0.6 is 0 Å². The first-order chi connectivity index (χ1) is 7.35. The fourth-order valence-electron chi connectivity index (χ4n) is 1.03. The number of hydrogen-bond acceptors (Lipinski definition) is 4. The summed E-state index contributed by atoms with van der Waals surface area (Å²) in [6.45, 7) is 9.09. The van der Waals surface area contributed by atoms with Crippen LogP contribution in [0.5, 0.6) is 0 Å². The predicted molar refractivity (Wildman–Crippen MR) is 63.3 cm³/mol. The zero-order valence-corrected chi connectivity index (χ0v) is 10.7. The van der Waals surface area contributed by atoms with Crippen molar-refractivity contribution in [2.75, 3.05) is 19.8 Å². The van der Waals surface area contributed by atoms with Crippen molar-refractivity contribution in [3.8, 4) is 0 Å². The highest BCUT2D eigenvalue weighted by molar-refractivity contribution is 5.67. The number of carbonyl (C=O) groups is 1. The van der Waals surface area contributed by atoms with E-state index in [4.69, 9.17) is 15.2 Å². The lowest BCUT2D eigenvalue weighted by molar-refractivity contribution is 0.0494. The maximum atomic E-state index is 11.4. The Morgan fingerprint density at radius 1 is 1.38 bits per heavy atom. The van der Waals surface area contributed by atoms with Crippen molar-refractivity contribution in [2.24, 2.45) is 5.73 Å². The fourth-order valence-corrected chi connectivity index (χ4v) is 1.03. The molecule has 0 aromatic heterocycles. The maximum absolute atomic E-state index is 11.4. The third-order valence-electron chi connectivity index (χ3n) is 1.72. The van der Waals surface area contributed by atoms with Crippen LogP contribution < -0.4 is 11.1 Å². The minimum Gasteiger partial charge on any atom is -0.444 e. The summed E-state index contributed by atoms with van der Waals surface area (Å²) in [5, 5.41) is 2.74. The molecule has 0 aromatic carbocycles. The Morgan fingerprint density at radius 2 is 2.00 bits per heavy atom. The second kappa shape index (κ2) is 7.46. The third-order valence-corrected chi connectivity index (χ3v) is 1.72. The number of amides is 1. The molecule has 0 aliphatic heterocycles. The molecule has 0 saturated carbocycles. The van der Waals surface area contributed by atoms with E-state index in [1.165, 1.54) is 0 Å². The molecule has 3 N–H and O–H groups in total. The standard InChI is InChI=1S/C11H24N2O3/c1-9(5-7-15-8-6-12)13-10(14)16-11(2,3)4/h9H,5-8,12H2,1-4H3,(H,13,14)/t9-/m0/s1. The van der Waals surface area contributed by atoms with Crippen LogP contribution in [0.15, 0.2) is 0 Å². The average Bonchev–Trinajstić information content (AvgIpc) is 2.09. The van der Waals surface area contributed by atoms with E-state index in [9.17, 15) is 4.79 Å². The third kappa shape index (κ3) is 9.73. The van der Waals surface area contributed by atoms with Gasteiger partial charge in [-0.1, -0.05) is 0 Å². The molecule has 1 amide bonds. The van der Waals surface area contributed by atoms with E-state index in [0.717, 1.165) is 6.42 Å². The fraction of sp³-hybridized carbons (Fsp3) is 0.909. The molecular formula is C11H24N2O3. The van der Waals surface area contributed by atoms with Gasteiger partial charge in [0.05, 0.1) is 6.61 Å². The van der Waals surface area contributed by atoms with Gasteiger partial charge in [0, 0.05) is 19.2 Å². The summed E-state index contributed by atoms with van der Waals surface area (Å²) >= 11 is 0. The molecule has 0 rings (SSSR count). The molecule has 5 nitrogen and oxygen atoms in total. The Kier molecular flexibility index (Phi) is 7.08. The van der Waals surface area contributed by atoms with Gasteiger partial charge in [-0.25, -0.2) is 4.79 Å². The molecule has 0 fully saturated rings. The van der Waals surface area contributed by atoms with Gasteiger partial charge < -0.3 is 20.5 Å². The normalized spacial score (nSPS) is 13.3. The van der Waals surface area contributed by atoms with Gasteiger partial charge >= 0.3 is 6.09 Å². The molecule has 0 unspecified atom stereocenters. The summed E-state index contributed by atoms with van der Waals surface area (Å²) in [6.07, 6.45) is 0.359. The molecule has 0 heterocycles. The van der Waals surface area contributed by atoms with E-state index in [0.29, 0.717) is 19.8 Å². The monoisotopic (exact) mass is 232 g/mol. The van der Waals surface area contributed by atoms with Crippen LogP contribution in [0.4, 0.5) is 4.79 Å². The number of rotatable bonds is 6. The summed E-state index contributed by atoms with van der Waals surface area (Å²) in [4.78, 5) is 11.4. The Balaban J connectivity index is 3.62. The molecule has 0 aromatic rings. The van der Waals surface area contributed by atoms with Crippen LogP contribution in [0, 0.1) is 0 Å². The van der Waals surface area contributed by atoms with Crippen LogP contribution in [0.3, 0.4) is 0 Å². The Hall–Kier alpha value is -0.810. The van der Waals surface area contributed by atoms with Gasteiger partial charge in [-0.15, -0.1) is 0 Å². The quantitative estimate of drug-likeness (QED) is 0.676. The van der Waals surface area contributed by atoms with E-state index in [-0.39, 0.29) is 12.1 Å². The van der Waals surface area contributed by atoms with Crippen LogP contribution in [0.1, 0.15) is 34.1 Å². The van der Waals surface area contributed by atoms with Crippen LogP contribution in [-0.2, 0) is 9.47 Å². The Labute approximate surface area is 97.7 Å². The Morgan fingerprint density at radius 3 is 2.50 bits per heavy atom. The summed E-state index contributed by atoms with van der Waals surface area (Å²) in [5.74, 6) is 0. The van der Waals surface area contributed by atoms with E-state index >= 15 is 0 Å². The minimum absolute atomic E-state index is 0.0348. The summed E-state index contributed by atoms with van der Waals surface area (Å²) in [6, 6.07) is 0.0348. The van der Waals surface area contributed by atoms with Gasteiger partial charge in [-0.2, -0.15) is 0 Å². The first-order valence-corrected chi connectivity index (χ1v) is 5.62. The lowest BCUT2D eigenvalue weighted by Crippen LogP contribution is -2.38. The molecule has 0 spiro atoms. The molecule has 0 aliphatic rings. The first-order valence-electron chi connectivity index (χ1n) is 5.62. The van der Waals surface area contributed by atoms with Gasteiger partial charge in [0.2, 0.25) is 0 Å². The predicted octanol–water partition coefficient (Wildman–Crippen LogP) is 1.27. The average molecular weight is 232 g/mol. The van der Waals surface area contributed by atoms with Crippen molar-refractivity contribution < 1.29 is 14.3 Å². The molecule has 0 saturated heterocycles. The second-order valence-electron chi connectivity index (χ2n) is 4.74. The van der Waals surface area contributed by atoms with Crippen molar-refractivity contribution in [1.29, 1.82) is 0 Å². The van der Waals surface area contributed by atoms with Crippen molar-refractivity contribution in [3.05, 3.63) is 0 Å². The lowest BCUT2D eigenvalue weighted by Gasteiger charge is -2.21. The number of nitrogens with one attached hydrogen (secondary N) is 1. The first kappa shape index (κ1) is 15.2. The van der Waals surface area contributed by atoms with Crippen molar-refractivity contribution >= 4 is 6.09 Å². The van der Waals surface area contributed by atoms with Crippen molar-refractivity contribution in [3.63, 3.8) is 0 Å².